The van der Waals surface area contributed by atoms with E-state index < -0.39 is 6.10 Å². The van der Waals surface area contributed by atoms with Crippen molar-refractivity contribution in [2.45, 2.75) is 52.2 Å². The number of unbranched alkanes of at least 4 members (excludes halogenated alkanes) is 1. The fourth-order valence-electron chi connectivity index (χ4n) is 1.98. The first-order chi connectivity index (χ1) is 8.06. The van der Waals surface area contributed by atoms with Gasteiger partial charge >= 0.3 is 0 Å². The molecule has 1 fully saturated rings. The van der Waals surface area contributed by atoms with Crippen LogP contribution in [0.5, 0.6) is 0 Å². The number of carbonyl (C=O) groups excluding carboxylic acids is 1. The number of aliphatic hydroxyl groups excluding tert-OH is 1. The summed E-state index contributed by atoms with van der Waals surface area (Å²) in [7, 11) is 0. The van der Waals surface area contributed by atoms with Gasteiger partial charge < -0.3 is 14.7 Å². The molecular formula is C13H25NO3. The smallest absolute Gasteiger partial charge is 0.251 e. The van der Waals surface area contributed by atoms with E-state index in [9.17, 15) is 9.90 Å². The Balaban J connectivity index is 2.36. The molecule has 0 radical (unpaired) electrons. The summed E-state index contributed by atoms with van der Waals surface area (Å²) in [6.07, 6.45) is 2.14. The summed E-state index contributed by atoms with van der Waals surface area (Å²) in [5.41, 5.74) is 0. The molecule has 17 heavy (non-hydrogen) atoms. The van der Waals surface area contributed by atoms with Crippen molar-refractivity contribution in [2.75, 3.05) is 19.7 Å². The first kappa shape index (κ1) is 14.5. The van der Waals surface area contributed by atoms with Crippen LogP contribution in [-0.4, -0.2) is 47.8 Å². The van der Waals surface area contributed by atoms with Crippen LogP contribution >= 0.6 is 0 Å². The fourth-order valence-corrected chi connectivity index (χ4v) is 1.98. The summed E-state index contributed by atoms with van der Waals surface area (Å²) in [6.45, 7) is 7.73. The van der Waals surface area contributed by atoms with Gasteiger partial charge in [-0.25, -0.2) is 0 Å². The van der Waals surface area contributed by atoms with Crippen LogP contribution in [0.3, 0.4) is 0 Å². The molecule has 0 aliphatic carbocycles. The normalized spacial score (nSPS) is 26.9. The second-order valence-corrected chi connectivity index (χ2v) is 4.98. The van der Waals surface area contributed by atoms with Crippen LogP contribution in [0.25, 0.3) is 0 Å². The highest BCUT2D eigenvalue weighted by molar-refractivity contribution is 5.80. The van der Waals surface area contributed by atoms with Crippen LogP contribution in [0.4, 0.5) is 0 Å². The van der Waals surface area contributed by atoms with E-state index in [1.807, 2.05) is 6.92 Å². The molecule has 0 aromatic heterocycles. The van der Waals surface area contributed by atoms with E-state index in [1.165, 1.54) is 0 Å². The van der Waals surface area contributed by atoms with Crippen molar-refractivity contribution < 1.29 is 14.6 Å². The molecule has 1 saturated heterocycles. The number of hydrogen-bond donors (Lipinski definition) is 1. The summed E-state index contributed by atoms with van der Waals surface area (Å²) < 4.78 is 5.49. The van der Waals surface area contributed by atoms with Crippen LogP contribution in [-0.2, 0) is 9.53 Å². The lowest BCUT2D eigenvalue weighted by Gasteiger charge is -2.35. The molecule has 1 rings (SSSR count). The number of nitrogens with zero attached hydrogens (tertiary/aromatic N) is 1. The molecule has 4 nitrogen and oxygen atoms in total. The highest BCUT2D eigenvalue weighted by atomic mass is 16.5. The molecule has 1 N–H and O–H groups in total. The van der Waals surface area contributed by atoms with Crippen molar-refractivity contribution in [1.82, 2.24) is 4.90 Å². The number of ether oxygens (including phenoxy) is 1. The molecule has 0 bridgehead atoms. The zero-order valence-corrected chi connectivity index (χ0v) is 11.2. The van der Waals surface area contributed by atoms with Gasteiger partial charge in [0.25, 0.3) is 5.91 Å². The van der Waals surface area contributed by atoms with Gasteiger partial charge in [-0.05, 0) is 25.7 Å². The number of hydrogen-bond acceptors (Lipinski definition) is 3. The maximum Gasteiger partial charge on any atom is 0.251 e. The van der Waals surface area contributed by atoms with Crippen molar-refractivity contribution in [1.29, 1.82) is 0 Å². The second-order valence-electron chi connectivity index (χ2n) is 4.98. The first-order valence-electron chi connectivity index (χ1n) is 6.64. The molecule has 0 aromatic rings. The van der Waals surface area contributed by atoms with Crippen molar-refractivity contribution >= 4 is 5.91 Å². The number of piperidine rings is 1. The monoisotopic (exact) mass is 243 g/mol. The SMILES string of the molecule is CCCCOC(C)C(=O)N1CCC(C)C(O)C1. The van der Waals surface area contributed by atoms with Gasteiger partial charge in [0.2, 0.25) is 0 Å². The Morgan fingerprint density at radius 1 is 1.59 bits per heavy atom. The zero-order chi connectivity index (χ0) is 12.8. The number of rotatable bonds is 5. The molecule has 0 spiro atoms. The Hall–Kier alpha value is -0.610. The maximum absolute atomic E-state index is 12.0. The van der Waals surface area contributed by atoms with Crippen LogP contribution in [0, 0.1) is 5.92 Å². The third kappa shape index (κ3) is 4.28. The summed E-state index contributed by atoms with van der Waals surface area (Å²) >= 11 is 0. The lowest BCUT2D eigenvalue weighted by atomic mass is 9.96. The van der Waals surface area contributed by atoms with Crippen molar-refractivity contribution in [3.8, 4) is 0 Å². The zero-order valence-electron chi connectivity index (χ0n) is 11.2. The predicted molar refractivity (Wildman–Crippen MR) is 66.7 cm³/mol. The Morgan fingerprint density at radius 3 is 2.88 bits per heavy atom. The van der Waals surface area contributed by atoms with Crippen molar-refractivity contribution in [3.63, 3.8) is 0 Å². The number of amides is 1. The lowest BCUT2D eigenvalue weighted by molar-refractivity contribution is -0.146. The van der Waals surface area contributed by atoms with Crippen LogP contribution in [0.2, 0.25) is 0 Å². The average Bonchev–Trinajstić information content (AvgIpc) is 2.32. The number of β-amino-alcohol motifs (C(OH)–C–C–N with tert-alkyl or cyclic N) is 1. The van der Waals surface area contributed by atoms with Gasteiger partial charge in [-0.2, -0.15) is 0 Å². The molecule has 100 valence electrons. The molecule has 0 aromatic carbocycles. The van der Waals surface area contributed by atoms with Crippen LogP contribution < -0.4 is 0 Å². The number of likely N-dealkylation sites (tertiary alicyclic amines) is 1. The molecule has 3 unspecified atom stereocenters. The van der Waals surface area contributed by atoms with E-state index in [0.717, 1.165) is 25.8 Å². The van der Waals surface area contributed by atoms with Gasteiger partial charge in [0.15, 0.2) is 0 Å². The van der Waals surface area contributed by atoms with E-state index in [2.05, 4.69) is 6.92 Å². The predicted octanol–water partition coefficient (Wildman–Crippen LogP) is 1.42. The topological polar surface area (TPSA) is 49.8 Å². The second kappa shape index (κ2) is 6.97. The molecule has 1 aliphatic heterocycles. The van der Waals surface area contributed by atoms with Crippen LogP contribution in [0.1, 0.15) is 40.0 Å². The van der Waals surface area contributed by atoms with E-state index in [1.54, 1.807) is 11.8 Å². The van der Waals surface area contributed by atoms with Crippen molar-refractivity contribution in [3.05, 3.63) is 0 Å². The summed E-state index contributed by atoms with van der Waals surface area (Å²) in [6, 6.07) is 0. The molecule has 4 heteroatoms. The number of carbonyl (C=O) groups is 1. The largest absolute Gasteiger partial charge is 0.391 e. The summed E-state index contributed by atoms with van der Waals surface area (Å²) in [5.74, 6) is 0.294. The van der Waals surface area contributed by atoms with Crippen LogP contribution in [0.15, 0.2) is 0 Å². The Bertz CT molecular complexity index is 245. The van der Waals surface area contributed by atoms with Gasteiger partial charge in [0.05, 0.1) is 6.10 Å². The third-order valence-corrected chi connectivity index (χ3v) is 3.44. The van der Waals surface area contributed by atoms with Gasteiger partial charge in [-0.15, -0.1) is 0 Å². The van der Waals surface area contributed by atoms with E-state index in [-0.39, 0.29) is 17.9 Å². The van der Waals surface area contributed by atoms with Gasteiger partial charge in [-0.1, -0.05) is 20.3 Å². The van der Waals surface area contributed by atoms with E-state index in [0.29, 0.717) is 13.2 Å². The van der Waals surface area contributed by atoms with Gasteiger partial charge in [0.1, 0.15) is 6.10 Å². The summed E-state index contributed by atoms with van der Waals surface area (Å²) in [5, 5.41) is 9.76. The van der Waals surface area contributed by atoms with E-state index >= 15 is 0 Å². The average molecular weight is 243 g/mol. The quantitative estimate of drug-likeness (QED) is 0.743. The van der Waals surface area contributed by atoms with Crippen molar-refractivity contribution in [2.24, 2.45) is 5.92 Å². The summed E-state index contributed by atoms with van der Waals surface area (Å²) in [4.78, 5) is 13.8. The number of aliphatic hydroxyl groups is 1. The minimum atomic E-state index is -0.393. The molecule has 1 heterocycles. The maximum atomic E-state index is 12.0. The molecule has 3 atom stereocenters. The first-order valence-corrected chi connectivity index (χ1v) is 6.64. The van der Waals surface area contributed by atoms with Gasteiger partial charge in [0, 0.05) is 19.7 Å². The highest BCUT2D eigenvalue weighted by Crippen LogP contribution is 2.18. The Kier molecular flexibility index (Phi) is 5.92. The molecule has 1 amide bonds. The lowest BCUT2D eigenvalue weighted by Crippen LogP contribution is -2.49. The molecular weight excluding hydrogens is 218 g/mol. The highest BCUT2D eigenvalue weighted by Gasteiger charge is 2.29. The Morgan fingerprint density at radius 2 is 2.29 bits per heavy atom. The standard InChI is InChI=1S/C13H25NO3/c1-4-5-8-17-11(3)13(16)14-7-6-10(2)12(15)9-14/h10-12,15H,4-9H2,1-3H3. The third-order valence-electron chi connectivity index (χ3n) is 3.44. The fraction of sp³-hybridized carbons (Fsp3) is 0.923. The Labute approximate surface area is 104 Å². The molecule has 1 aliphatic rings. The minimum Gasteiger partial charge on any atom is -0.391 e. The minimum absolute atomic E-state index is 0.00653. The van der Waals surface area contributed by atoms with Gasteiger partial charge in [-0.3, -0.25) is 4.79 Å². The van der Waals surface area contributed by atoms with E-state index in [4.69, 9.17) is 4.74 Å². The molecule has 0 saturated carbocycles.